The SMILES string of the molecule is [N-]=[N+]=NN(OS(=O)(=O)C(=O)O)SO. The molecule has 0 unspecified atom stereocenters. The lowest BCUT2D eigenvalue weighted by Crippen LogP contribution is -2.21. The Morgan fingerprint density at radius 3 is 2.54 bits per heavy atom. The molecule has 0 aromatic rings. The van der Waals surface area contributed by atoms with E-state index in [4.69, 9.17) is 15.2 Å². The average Bonchev–Trinajstić information content (AvgIpc) is 2.03. The molecular formula is CH2N4O6S2. The predicted molar refractivity (Wildman–Crippen MR) is 39.2 cm³/mol. The topological polar surface area (TPSA) is 153 Å². The maximum atomic E-state index is 10.4. The summed E-state index contributed by atoms with van der Waals surface area (Å²) in [6.07, 6.45) is 0. The Balaban J connectivity index is 4.59. The molecule has 0 atom stereocenters. The Bertz CT molecular complexity index is 329. The summed E-state index contributed by atoms with van der Waals surface area (Å²) in [5, 5.41) is 8.18. The van der Waals surface area contributed by atoms with Crippen molar-refractivity contribution in [2.75, 3.05) is 0 Å². The zero-order valence-electron chi connectivity index (χ0n) is 5.63. The smallest absolute Gasteiger partial charge is 0.453 e. The van der Waals surface area contributed by atoms with Crippen molar-refractivity contribution < 1.29 is 27.2 Å². The molecule has 0 fully saturated rings. The molecule has 0 saturated carbocycles. The van der Waals surface area contributed by atoms with E-state index in [1.165, 1.54) is 0 Å². The Labute approximate surface area is 75.7 Å². The van der Waals surface area contributed by atoms with Crippen LogP contribution >= 0.6 is 12.2 Å². The Hall–Kier alpha value is -1.20. The summed E-state index contributed by atoms with van der Waals surface area (Å²) in [5.74, 6) is 0. The Kier molecular flexibility index (Phi) is 4.30. The molecule has 10 nitrogen and oxygen atoms in total. The van der Waals surface area contributed by atoms with Crippen molar-refractivity contribution in [3.05, 3.63) is 10.4 Å². The predicted octanol–water partition coefficient (Wildman–Crippen LogP) is 0.574. The molecule has 0 amide bonds. The molecule has 0 aliphatic carbocycles. The van der Waals surface area contributed by atoms with Crippen molar-refractivity contribution in [3.63, 3.8) is 0 Å². The molecule has 0 rings (SSSR count). The third kappa shape index (κ3) is 3.82. The molecule has 0 bridgehead atoms. The Morgan fingerprint density at radius 2 is 2.23 bits per heavy atom. The lowest BCUT2D eigenvalue weighted by Gasteiger charge is -2.01. The van der Waals surface area contributed by atoms with E-state index in [9.17, 15) is 13.2 Å². The van der Waals surface area contributed by atoms with Gasteiger partial charge in [-0.15, -0.1) is 5.53 Å². The molecule has 0 aromatic heterocycles. The molecule has 0 aliphatic rings. The first-order valence-corrected chi connectivity index (χ1v) is 4.42. The van der Waals surface area contributed by atoms with Gasteiger partial charge in [-0.05, 0) is 4.28 Å². The van der Waals surface area contributed by atoms with Gasteiger partial charge in [0.25, 0.3) is 12.2 Å². The largest absolute Gasteiger partial charge is 0.468 e. The molecular weight excluding hydrogens is 228 g/mol. The van der Waals surface area contributed by atoms with E-state index < -0.39 is 27.6 Å². The lowest BCUT2D eigenvalue weighted by molar-refractivity contribution is 0.0526. The highest BCUT2D eigenvalue weighted by molar-refractivity contribution is 8.01. The molecule has 13 heavy (non-hydrogen) atoms. The maximum absolute atomic E-state index is 10.4. The van der Waals surface area contributed by atoms with E-state index in [2.05, 4.69) is 9.51 Å². The normalized spacial score (nSPS) is 10.2. The first-order chi connectivity index (χ1) is 5.94. The van der Waals surface area contributed by atoms with Crippen LogP contribution in [0.15, 0.2) is 5.22 Å². The van der Waals surface area contributed by atoms with Crippen LogP contribution in [-0.2, 0) is 14.4 Å². The van der Waals surface area contributed by atoms with Crippen LogP contribution in [0.2, 0.25) is 0 Å². The molecule has 2 N–H and O–H groups in total. The Morgan fingerprint density at radius 1 is 1.69 bits per heavy atom. The quantitative estimate of drug-likeness (QED) is 0.177. The van der Waals surface area contributed by atoms with Gasteiger partial charge >= 0.3 is 15.4 Å². The summed E-state index contributed by atoms with van der Waals surface area (Å²) in [5.41, 5.74) is 7.77. The highest BCUT2D eigenvalue weighted by atomic mass is 32.2. The number of nitrogens with zero attached hydrogens (tertiary/aromatic N) is 4. The van der Waals surface area contributed by atoms with E-state index in [-0.39, 0.29) is 4.58 Å². The maximum Gasteiger partial charge on any atom is 0.453 e. The standard InChI is InChI=1S/CH2N4O6S2/c2-3-4-5(12-8)11-13(9,10)1(6)7/h8H,(H,6,7). The second-order valence-electron chi connectivity index (χ2n) is 1.29. The van der Waals surface area contributed by atoms with Gasteiger partial charge < -0.3 is 5.11 Å². The zero-order chi connectivity index (χ0) is 10.5. The molecule has 0 aliphatic heterocycles. The van der Waals surface area contributed by atoms with Crippen molar-refractivity contribution in [1.29, 1.82) is 0 Å². The molecule has 0 spiro atoms. The van der Waals surface area contributed by atoms with E-state index in [0.29, 0.717) is 0 Å². The molecule has 0 radical (unpaired) electrons. The van der Waals surface area contributed by atoms with Gasteiger partial charge in [-0.3, -0.25) is 4.55 Å². The molecule has 0 heterocycles. The lowest BCUT2D eigenvalue weighted by atomic mass is 11.6. The number of azide groups is 1. The van der Waals surface area contributed by atoms with Gasteiger partial charge in [0.1, 0.15) is 0 Å². The number of carboxylic acid groups (broad SMARTS) is 1. The fraction of sp³-hybridized carbons (Fsp3) is 0. The summed E-state index contributed by atoms with van der Waals surface area (Å²) in [4.78, 5) is 11.9. The van der Waals surface area contributed by atoms with Crippen LogP contribution in [0.3, 0.4) is 0 Å². The first-order valence-electron chi connectivity index (χ1n) is 2.28. The second kappa shape index (κ2) is 4.74. The van der Waals surface area contributed by atoms with Crippen LogP contribution in [0, 0.1) is 0 Å². The van der Waals surface area contributed by atoms with Gasteiger partial charge in [0, 0.05) is 9.80 Å². The minimum Gasteiger partial charge on any atom is -0.468 e. The van der Waals surface area contributed by atoms with Crippen LogP contribution in [-0.4, -0.2) is 28.0 Å². The second-order valence-corrected chi connectivity index (χ2v) is 3.18. The van der Waals surface area contributed by atoms with E-state index in [0.717, 1.165) is 0 Å². The van der Waals surface area contributed by atoms with Crippen molar-refractivity contribution >= 4 is 27.6 Å². The average molecular weight is 230 g/mol. The molecule has 0 saturated heterocycles. The number of hydrogen-bond acceptors (Lipinski definition) is 7. The van der Waals surface area contributed by atoms with Gasteiger partial charge in [-0.1, -0.05) is 0 Å². The summed E-state index contributed by atoms with van der Waals surface area (Å²) >= 11 is -0.413. The molecule has 0 aromatic carbocycles. The van der Waals surface area contributed by atoms with Crippen LogP contribution in [0.5, 0.6) is 0 Å². The third-order valence-corrected chi connectivity index (χ3v) is 1.71. The van der Waals surface area contributed by atoms with Crippen molar-refractivity contribution in [2.24, 2.45) is 5.22 Å². The molecule has 12 heteroatoms. The number of hydrogen-bond donors (Lipinski definition) is 2. The number of rotatable bonds is 4. The summed E-state index contributed by atoms with van der Waals surface area (Å²) < 4.78 is 32.4. The summed E-state index contributed by atoms with van der Waals surface area (Å²) in [6, 6.07) is 0. The zero-order valence-corrected chi connectivity index (χ0v) is 7.27. The minimum atomic E-state index is -4.93. The fourth-order valence-corrected chi connectivity index (χ4v) is 0.869. The highest BCUT2D eigenvalue weighted by Crippen LogP contribution is 2.10. The monoisotopic (exact) mass is 230 g/mol. The van der Waals surface area contributed by atoms with Gasteiger partial charge in [-0.25, -0.2) is 4.79 Å². The van der Waals surface area contributed by atoms with Crippen LogP contribution in [0.4, 0.5) is 4.79 Å². The van der Waals surface area contributed by atoms with E-state index >= 15 is 0 Å². The van der Waals surface area contributed by atoms with Crippen molar-refractivity contribution in [1.82, 2.24) is 4.58 Å². The van der Waals surface area contributed by atoms with E-state index in [1.807, 2.05) is 4.91 Å². The van der Waals surface area contributed by atoms with Crippen LogP contribution < -0.4 is 0 Å². The summed E-state index contributed by atoms with van der Waals surface area (Å²) in [6.45, 7) is 0. The summed E-state index contributed by atoms with van der Waals surface area (Å²) in [7, 11) is -4.93. The molecule has 74 valence electrons. The third-order valence-electron chi connectivity index (χ3n) is 0.559. The van der Waals surface area contributed by atoms with E-state index in [1.54, 1.807) is 0 Å². The van der Waals surface area contributed by atoms with Crippen LogP contribution in [0.1, 0.15) is 0 Å². The number of carbonyl (C=O) groups is 1. The minimum absolute atomic E-state index is 0.233. The van der Waals surface area contributed by atoms with Gasteiger partial charge in [0.15, 0.2) is 0 Å². The highest BCUT2D eigenvalue weighted by Gasteiger charge is 2.29. The van der Waals surface area contributed by atoms with Gasteiger partial charge in [0.05, 0.1) is 0 Å². The first kappa shape index (κ1) is 11.8. The fourth-order valence-electron chi connectivity index (χ4n) is 0.193. The van der Waals surface area contributed by atoms with Crippen LogP contribution in [0.25, 0.3) is 10.4 Å². The van der Waals surface area contributed by atoms with Crippen molar-refractivity contribution in [3.8, 4) is 0 Å². The van der Waals surface area contributed by atoms with Gasteiger partial charge in [0.2, 0.25) is 0 Å². The van der Waals surface area contributed by atoms with Crippen molar-refractivity contribution in [2.45, 2.75) is 0 Å². The van der Waals surface area contributed by atoms with Gasteiger partial charge in [-0.2, -0.15) is 13.3 Å².